The molecule has 0 aliphatic heterocycles. The van der Waals surface area contributed by atoms with Crippen LogP contribution in [-0.4, -0.2) is 21.5 Å². The standard InChI is InChI=1S/C20H19N3O3S2/c1-13(6-7-14-4-2-8-26-14)22-17(24)10-23-12-21-19-18(20(23)25)15(11-28-19)16-5-3-9-27-16/h2-5,8-9,11-13H,6-7,10H2,1H3,(H,22,24). The molecule has 1 unspecified atom stereocenters. The zero-order valence-corrected chi connectivity index (χ0v) is 16.9. The highest BCUT2D eigenvalue weighted by Crippen LogP contribution is 2.33. The third-order valence-electron chi connectivity index (χ3n) is 4.47. The number of carbonyl (C=O) groups is 1. The van der Waals surface area contributed by atoms with Crippen LogP contribution in [0.15, 0.2) is 56.8 Å². The maximum absolute atomic E-state index is 12.9. The van der Waals surface area contributed by atoms with E-state index in [1.54, 1.807) is 17.6 Å². The van der Waals surface area contributed by atoms with Gasteiger partial charge in [0.15, 0.2) is 0 Å². The Morgan fingerprint density at radius 2 is 2.21 bits per heavy atom. The van der Waals surface area contributed by atoms with Gasteiger partial charge in [-0.25, -0.2) is 4.98 Å². The Labute approximate surface area is 169 Å². The molecule has 0 radical (unpaired) electrons. The summed E-state index contributed by atoms with van der Waals surface area (Å²) in [5.74, 6) is 0.689. The molecule has 6 nitrogen and oxygen atoms in total. The molecule has 4 aromatic rings. The second kappa shape index (κ2) is 8.12. The monoisotopic (exact) mass is 413 g/mol. The van der Waals surface area contributed by atoms with Crippen LogP contribution < -0.4 is 10.9 Å². The number of amides is 1. The van der Waals surface area contributed by atoms with Crippen LogP contribution in [0.5, 0.6) is 0 Å². The predicted octanol–water partition coefficient (Wildman–Crippen LogP) is 3.92. The second-order valence-electron chi connectivity index (χ2n) is 6.57. The van der Waals surface area contributed by atoms with Crippen LogP contribution in [0.3, 0.4) is 0 Å². The smallest absolute Gasteiger partial charge is 0.263 e. The van der Waals surface area contributed by atoms with Crippen molar-refractivity contribution in [2.24, 2.45) is 0 Å². The summed E-state index contributed by atoms with van der Waals surface area (Å²) in [6.45, 7) is 1.89. The highest BCUT2D eigenvalue weighted by atomic mass is 32.1. The molecule has 0 aliphatic rings. The molecular weight excluding hydrogens is 394 g/mol. The average molecular weight is 414 g/mol. The Morgan fingerprint density at radius 3 is 2.96 bits per heavy atom. The Morgan fingerprint density at radius 1 is 1.32 bits per heavy atom. The molecule has 0 saturated carbocycles. The van der Waals surface area contributed by atoms with Gasteiger partial charge in [0.2, 0.25) is 5.91 Å². The van der Waals surface area contributed by atoms with Gasteiger partial charge in [0.25, 0.3) is 5.56 Å². The van der Waals surface area contributed by atoms with Gasteiger partial charge in [-0.3, -0.25) is 14.2 Å². The van der Waals surface area contributed by atoms with Gasteiger partial charge < -0.3 is 9.73 Å². The highest BCUT2D eigenvalue weighted by molar-refractivity contribution is 7.18. The maximum Gasteiger partial charge on any atom is 0.263 e. The molecule has 1 atom stereocenters. The Bertz CT molecular complexity index is 1130. The first-order chi connectivity index (χ1) is 13.6. The zero-order chi connectivity index (χ0) is 19.5. The molecule has 0 fully saturated rings. The fourth-order valence-electron chi connectivity index (χ4n) is 3.05. The Hall–Kier alpha value is -2.71. The molecule has 144 valence electrons. The number of fused-ring (bicyclic) bond motifs is 1. The number of aromatic nitrogens is 2. The van der Waals surface area contributed by atoms with Crippen molar-refractivity contribution >= 4 is 38.8 Å². The molecular formula is C20H19N3O3S2. The fraction of sp³-hybridized carbons (Fsp3) is 0.250. The number of aryl methyl sites for hydroxylation is 1. The molecule has 28 heavy (non-hydrogen) atoms. The third-order valence-corrected chi connectivity index (χ3v) is 6.26. The normalized spacial score (nSPS) is 12.3. The number of furan rings is 1. The van der Waals surface area contributed by atoms with Crippen LogP contribution in [0, 0.1) is 0 Å². The summed E-state index contributed by atoms with van der Waals surface area (Å²) in [4.78, 5) is 31.4. The van der Waals surface area contributed by atoms with Crippen LogP contribution in [0.2, 0.25) is 0 Å². The molecule has 0 bridgehead atoms. The summed E-state index contributed by atoms with van der Waals surface area (Å²) in [5.41, 5.74) is 0.696. The molecule has 0 saturated heterocycles. The topological polar surface area (TPSA) is 77.1 Å². The van der Waals surface area contributed by atoms with E-state index in [9.17, 15) is 9.59 Å². The molecule has 8 heteroatoms. The number of rotatable bonds is 7. The summed E-state index contributed by atoms with van der Waals surface area (Å²) < 4.78 is 6.69. The van der Waals surface area contributed by atoms with Crippen molar-refractivity contribution in [3.05, 3.63) is 63.7 Å². The lowest BCUT2D eigenvalue weighted by Gasteiger charge is -2.14. The van der Waals surface area contributed by atoms with Crippen molar-refractivity contribution in [1.82, 2.24) is 14.9 Å². The van der Waals surface area contributed by atoms with Crippen LogP contribution in [-0.2, 0) is 17.8 Å². The van der Waals surface area contributed by atoms with Gasteiger partial charge in [-0.1, -0.05) is 6.07 Å². The lowest BCUT2D eigenvalue weighted by Crippen LogP contribution is -2.37. The first kappa shape index (κ1) is 18.6. The Kier molecular flexibility index (Phi) is 5.40. The van der Waals surface area contributed by atoms with E-state index in [0.29, 0.717) is 10.2 Å². The molecule has 4 rings (SSSR count). The SMILES string of the molecule is CC(CCc1ccco1)NC(=O)Cn1cnc2scc(-c3cccs3)c2c1=O. The van der Waals surface area contributed by atoms with Gasteiger partial charge in [-0.05, 0) is 36.9 Å². The molecule has 1 N–H and O–H groups in total. The molecule has 4 heterocycles. The lowest BCUT2D eigenvalue weighted by atomic mass is 10.1. The van der Waals surface area contributed by atoms with E-state index in [4.69, 9.17) is 4.42 Å². The summed E-state index contributed by atoms with van der Waals surface area (Å²) in [6.07, 6.45) is 4.61. The minimum atomic E-state index is -0.205. The van der Waals surface area contributed by atoms with Gasteiger partial charge in [0.1, 0.15) is 17.1 Å². The highest BCUT2D eigenvalue weighted by Gasteiger charge is 2.16. The van der Waals surface area contributed by atoms with Crippen molar-refractivity contribution in [1.29, 1.82) is 0 Å². The summed E-state index contributed by atoms with van der Waals surface area (Å²) in [6, 6.07) is 7.68. The quantitative estimate of drug-likeness (QED) is 0.498. The molecule has 0 aromatic carbocycles. The first-order valence-electron chi connectivity index (χ1n) is 8.94. The van der Waals surface area contributed by atoms with Gasteiger partial charge in [0.05, 0.1) is 18.0 Å². The number of carbonyl (C=O) groups excluding carboxylic acids is 1. The minimum Gasteiger partial charge on any atom is -0.469 e. The van der Waals surface area contributed by atoms with Gasteiger partial charge >= 0.3 is 0 Å². The van der Waals surface area contributed by atoms with E-state index < -0.39 is 0 Å². The maximum atomic E-state index is 12.9. The van der Waals surface area contributed by atoms with Crippen LogP contribution in [0.25, 0.3) is 20.7 Å². The molecule has 4 aromatic heterocycles. The third kappa shape index (κ3) is 3.93. The van der Waals surface area contributed by atoms with Gasteiger partial charge in [0, 0.05) is 28.3 Å². The average Bonchev–Trinajstić information content (AvgIpc) is 3.43. The summed E-state index contributed by atoms with van der Waals surface area (Å²) in [7, 11) is 0. The molecule has 0 spiro atoms. The Balaban J connectivity index is 1.47. The second-order valence-corrected chi connectivity index (χ2v) is 8.38. The van der Waals surface area contributed by atoms with Crippen LogP contribution >= 0.6 is 22.7 Å². The number of nitrogens with one attached hydrogen (secondary N) is 1. The summed E-state index contributed by atoms with van der Waals surface area (Å²) >= 11 is 3.02. The van der Waals surface area contributed by atoms with Gasteiger partial charge in [-0.15, -0.1) is 22.7 Å². The van der Waals surface area contributed by atoms with E-state index in [0.717, 1.165) is 29.0 Å². The van der Waals surface area contributed by atoms with Crippen molar-refractivity contribution in [3.63, 3.8) is 0 Å². The van der Waals surface area contributed by atoms with Gasteiger partial charge in [-0.2, -0.15) is 0 Å². The van der Waals surface area contributed by atoms with E-state index in [2.05, 4.69) is 10.3 Å². The first-order valence-corrected chi connectivity index (χ1v) is 10.7. The summed E-state index contributed by atoms with van der Waals surface area (Å²) in [5, 5.41) is 7.44. The predicted molar refractivity (Wildman–Crippen MR) is 112 cm³/mol. The van der Waals surface area contributed by atoms with Crippen molar-refractivity contribution in [2.75, 3.05) is 0 Å². The number of nitrogens with zero attached hydrogens (tertiary/aromatic N) is 2. The van der Waals surface area contributed by atoms with Crippen LogP contribution in [0.1, 0.15) is 19.1 Å². The number of thiophene rings is 2. The number of hydrogen-bond donors (Lipinski definition) is 1. The van der Waals surface area contributed by atoms with Crippen molar-refractivity contribution in [2.45, 2.75) is 32.4 Å². The lowest BCUT2D eigenvalue weighted by molar-refractivity contribution is -0.122. The zero-order valence-electron chi connectivity index (χ0n) is 15.3. The van der Waals surface area contributed by atoms with Crippen LogP contribution in [0.4, 0.5) is 0 Å². The number of hydrogen-bond acceptors (Lipinski definition) is 6. The van der Waals surface area contributed by atoms with E-state index in [1.807, 2.05) is 41.9 Å². The minimum absolute atomic E-state index is 0.0205. The van der Waals surface area contributed by atoms with E-state index in [-0.39, 0.29) is 24.1 Å². The van der Waals surface area contributed by atoms with Crippen molar-refractivity contribution < 1.29 is 9.21 Å². The van der Waals surface area contributed by atoms with E-state index >= 15 is 0 Å². The largest absolute Gasteiger partial charge is 0.469 e. The van der Waals surface area contributed by atoms with E-state index in [1.165, 1.54) is 22.2 Å². The fourth-order valence-corrected chi connectivity index (χ4v) is 4.78. The molecule has 0 aliphatic carbocycles. The molecule has 1 amide bonds. The van der Waals surface area contributed by atoms with Crippen molar-refractivity contribution in [3.8, 4) is 10.4 Å².